The molecular weight excluding hydrogens is 358 g/mol. The predicted octanol–water partition coefficient (Wildman–Crippen LogP) is 2.58. The molecule has 2 aromatic rings. The van der Waals surface area contributed by atoms with Crippen molar-refractivity contribution in [2.75, 3.05) is 11.8 Å². The number of carbonyl (C=O) groups is 1. The standard InChI is InChI=1S/C17H19N3O3S2/c1-18-16(21)11-8-12-6-9-13(10-7-12)25(22,23)20-17-19-14-4-2-3-5-15(14)24-17/h6-11H,2-5H2,1H3,(H,18,21)(H,19,20)/b11-8+. The molecule has 0 spiro atoms. The summed E-state index contributed by atoms with van der Waals surface area (Å²) in [6.07, 6.45) is 7.14. The fourth-order valence-corrected chi connectivity index (χ4v) is 4.87. The first-order valence-electron chi connectivity index (χ1n) is 7.99. The van der Waals surface area contributed by atoms with E-state index in [0.717, 1.165) is 36.9 Å². The molecule has 1 amide bonds. The van der Waals surface area contributed by atoms with Gasteiger partial charge in [-0.3, -0.25) is 9.52 Å². The number of fused-ring (bicyclic) bond motifs is 1. The molecule has 1 heterocycles. The van der Waals surface area contributed by atoms with Gasteiger partial charge in [0, 0.05) is 18.0 Å². The zero-order valence-corrected chi connectivity index (χ0v) is 15.4. The molecule has 25 heavy (non-hydrogen) atoms. The zero-order valence-electron chi connectivity index (χ0n) is 13.8. The monoisotopic (exact) mass is 377 g/mol. The van der Waals surface area contributed by atoms with Gasteiger partial charge >= 0.3 is 0 Å². The van der Waals surface area contributed by atoms with Gasteiger partial charge in [-0.15, -0.1) is 11.3 Å². The Labute approximate surface area is 151 Å². The van der Waals surface area contributed by atoms with Crippen molar-refractivity contribution < 1.29 is 13.2 Å². The molecule has 1 aliphatic carbocycles. The van der Waals surface area contributed by atoms with Crippen molar-refractivity contribution in [3.8, 4) is 0 Å². The molecule has 0 radical (unpaired) electrons. The summed E-state index contributed by atoms with van der Waals surface area (Å²) in [5.41, 5.74) is 1.76. The highest BCUT2D eigenvalue weighted by Crippen LogP contribution is 2.30. The number of aromatic nitrogens is 1. The number of sulfonamides is 1. The summed E-state index contributed by atoms with van der Waals surface area (Å²) in [5.74, 6) is -0.217. The molecule has 1 aromatic heterocycles. The van der Waals surface area contributed by atoms with Gasteiger partial charge in [-0.05, 0) is 49.5 Å². The fourth-order valence-electron chi connectivity index (χ4n) is 2.58. The zero-order chi connectivity index (χ0) is 17.9. The van der Waals surface area contributed by atoms with Gasteiger partial charge in [0.2, 0.25) is 5.91 Å². The first-order valence-corrected chi connectivity index (χ1v) is 10.3. The smallest absolute Gasteiger partial charge is 0.263 e. The first-order chi connectivity index (χ1) is 12.0. The predicted molar refractivity (Wildman–Crippen MR) is 99.1 cm³/mol. The summed E-state index contributed by atoms with van der Waals surface area (Å²) in [7, 11) is -2.12. The number of thiazole rings is 1. The van der Waals surface area contributed by atoms with Gasteiger partial charge in [0.05, 0.1) is 10.6 Å². The molecule has 132 valence electrons. The average molecular weight is 377 g/mol. The number of benzene rings is 1. The number of nitrogens with one attached hydrogen (secondary N) is 2. The lowest BCUT2D eigenvalue weighted by Gasteiger charge is -2.06. The molecule has 6 nitrogen and oxygen atoms in total. The van der Waals surface area contributed by atoms with Crippen LogP contribution in [0.2, 0.25) is 0 Å². The minimum atomic E-state index is -3.67. The van der Waals surface area contributed by atoms with Gasteiger partial charge in [0.1, 0.15) is 0 Å². The van der Waals surface area contributed by atoms with Crippen molar-refractivity contribution in [3.63, 3.8) is 0 Å². The van der Waals surface area contributed by atoms with Crippen LogP contribution in [0.3, 0.4) is 0 Å². The van der Waals surface area contributed by atoms with E-state index in [1.54, 1.807) is 25.3 Å². The number of rotatable bonds is 5. The van der Waals surface area contributed by atoms with Gasteiger partial charge in [0.25, 0.3) is 10.0 Å². The highest BCUT2D eigenvalue weighted by atomic mass is 32.2. The Kier molecular flexibility index (Phi) is 5.19. The number of hydrogen-bond donors (Lipinski definition) is 2. The van der Waals surface area contributed by atoms with Gasteiger partial charge in [-0.1, -0.05) is 12.1 Å². The Morgan fingerprint density at radius 2 is 1.92 bits per heavy atom. The molecule has 0 bridgehead atoms. The molecule has 0 atom stereocenters. The summed E-state index contributed by atoms with van der Waals surface area (Å²) in [6, 6.07) is 6.33. The maximum absolute atomic E-state index is 12.5. The molecule has 2 N–H and O–H groups in total. The van der Waals surface area contributed by atoms with Crippen molar-refractivity contribution in [1.29, 1.82) is 0 Å². The lowest BCUT2D eigenvalue weighted by atomic mass is 10.0. The van der Waals surface area contributed by atoms with Gasteiger partial charge < -0.3 is 5.32 Å². The van der Waals surface area contributed by atoms with E-state index in [1.165, 1.54) is 34.4 Å². The van der Waals surface area contributed by atoms with Crippen LogP contribution in [0.25, 0.3) is 6.08 Å². The van der Waals surface area contributed by atoms with Crippen molar-refractivity contribution in [2.24, 2.45) is 0 Å². The Morgan fingerprint density at radius 3 is 2.60 bits per heavy atom. The summed E-state index contributed by atoms with van der Waals surface area (Å²) >= 11 is 1.42. The Bertz CT molecular complexity index is 876. The molecule has 3 rings (SSSR count). The second-order valence-corrected chi connectivity index (χ2v) is 8.48. The van der Waals surface area contributed by atoms with Gasteiger partial charge in [-0.2, -0.15) is 0 Å². The van der Waals surface area contributed by atoms with Crippen molar-refractivity contribution >= 4 is 38.5 Å². The molecule has 8 heteroatoms. The SMILES string of the molecule is CNC(=O)/C=C/c1ccc(S(=O)(=O)Nc2nc3c(s2)CCCC3)cc1. The van der Waals surface area contributed by atoms with Crippen LogP contribution >= 0.6 is 11.3 Å². The molecule has 1 aliphatic rings. The van der Waals surface area contributed by atoms with Crippen molar-refractivity contribution in [3.05, 3.63) is 46.5 Å². The third kappa shape index (κ3) is 4.26. The van der Waals surface area contributed by atoms with Crippen LogP contribution in [0.4, 0.5) is 5.13 Å². The summed E-state index contributed by atoms with van der Waals surface area (Å²) < 4.78 is 27.6. The van der Waals surface area contributed by atoms with E-state index in [2.05, 4.69) is 15.0 Å². The number of anilines is 1. The first kappa shape index (κ1) is 17.6. The third-order valence-corrected chi connectivity index (χ3v) is 6.49. The second kappa shape index (κ2) is 7.37. The van der Waals surface area contributed by atoms with Crippen LogP contribution in [-0.4, -0.2) is 26.4 Å². The molecule has 0 saturated heterocycles. The largest absolute Gasteiger partial charge is 0.356 e. The van der Waals surface area contributed by atoms with Crippen LogP contribution in [0.5, 0.6) is 0 Å². The summed E-state index contributed by atoms with van der Waals surface area (Å²) in [4.78, 5) is 16.9. The number of hydrogen-bond acceptors (Lipinski definition) is 5. The van der Waals surface area contributed by atoms with E-state index in [1.807, 2.05) is 0 Å². The molecule has 0 fully saturated rings. The molecular formula is C17H19N3O3S2. The van der Waals surface area contributed by atoms with E-state index in [9.17, 15) is 13.2 Å². The quantitative estimate of drug-likeness (QED) is 0.784. The lowest BCUT2D eigenvalue weighted by molar-refractivity contribution is -0.115. The minimum absolute atomic E-state index is 0.165. The molecule has 0 aliphatic heterocycles. The van der Waals surface area contributed by atoms with Gasteiger partial charge in [0.15, 0.2) is 5.13 Å². The number of nitrogens with zero attached hydrogens (tertiary/aromatic N) is 1. The highest BCUT2D eigenvalue weighted by Gasteiger charge is 2.20. The van der Waals surface area contributed by atoms with Crippen LogP contribution in [0, 0.1) is 0 Å². The molecule has 1 aromatic carbocycles. The van der Waals surface area contributed by atoms with Crippen LogP contribution in [0.15, 0.2) is 35.2 Å². The molecule has 0 unspecified atom stereocenters. The van der Waals surface area contributed by atoms with Crippen LogP contribution < -0.4 is 10.0 Å². The fraction of sp³-hybridized carbons (Fsp3) is 0.294. The lowest BCUT2D eigenvalue weighted by Crippen LogP contribution is -2.14. The van der Waals surface area contributed by atoms with E-state index in [4.69, 9.17) is 0 Å². The summed E-state index contributed by atoms with van der Waals surface area (Å²) in [5, 5.41) is 2.91. The molecule has 0 saturated carbocycles. The average Bonchev–Trinajstić information content (AvgIpc) is 3.01. The third-order valence-electron chi connectivity index (χ3n) is 3.93. The minimum Gasteiger partial charge on any atom is -0.356 e. The Hall–Kier alpha value is -2.19. The Balaban J connectivity index is 1.74. The van der Waals surface area contributed by atoms with Gasteiger partial charge in [-0.25, -0.2) is 13.4 Å². The van der Waals surface area contributed by atoms with Crippen molar-refractivity contribution in [2.45, 2.75) is 30.6 Å². The number of carbonyl (C=O) groups excluding carboxylic acids is 1. The van der Waals surface area contributed by atoms with E-state index < -0.39 is 10.0 Å². The highest BCUT2D eigenvalue weighted by molar-refractivity contribution is 7.93. The van der Waals surface area contributed by atoms with Crippen molar-refractivity contribution in [1.82, 2.24) is 10.3 Å². The maximum Gasteiger partial charge on any atom is 0.263 e. The number of amides is 1. The van der Waals surface area contributed by atoms with E-state index in [-0.39, 0.29) is 10.8 Å². The summed E-state index contributed by atoms with van der Waals surface area (Å²) in [6.45, 7) is 0. The van der Waals surface area contributed by atoms with Crippen LogP contribution in [-0.2, 0) is 27.7 Å². The number of likely N-dealkylation sites (N-methyl/N-ethyl adjacent to an activating group) is 1. The Morgan fingerprint density at radius 1 is 1.20 bits per heavy atom. The van der Waals surface area contributed by atoms with E-state index >= 15 is 0 Å². The normalized spacial score (nSPS) is 14.3. The number of aryl methyl sites for hydroxylation is 2. The maximum atomic E-state index is 12.5. The van der Waals surface area contributed by atoms with Crippen LogP contribution in [0.1, 0.15) is 29.0 Å². The second-order valence-electron chi connectivity index (χ2n) is 5.72. The van der Waals surface area contributed by atoms with E-state index in [0.29, 0.717) is 5.13 Å². The topological polar surface area (TPSA) is 88.2 Å².